The second kappa shape index (κ2) is 6.96. The molecule has 2 aromatic rings. The maximum Gasteiger partial charge on any atom is 0.329 e. The summed E-state index contributed by atoms with van der Waals surface area (Å²) in [6, 6.07) is 15.9. The van der Waals surface area contributed by atoms with Crippen LogP contribution >= 0.6 is 0 Å². The third kappa shape index (κ3) is 3.88. The van der Waals surface area contributed by atoms with Crippen LogP contribution in [0.5, 0.6) is 5.75 Å². The molecule has 0 unspecified atom stereocenters. The number of para-hydroxylation sites is 1. The first-order chi connectivity index (χ1) is 11.0. The van der Waals surface area contributed by atoms with Gasteiger partial charge in [-0.05, 0) is 24.6 Å². The smallest absolute Gasteiger partial charge is 0.329 e. The minimum absolute atomic E-state index is 0.185. The van der Waals surface area contributed by atoms with E-state index in [2.05, 4.69) is 5.32 Å². The Morgan fingerprint density at radius 2 is 1.70 bits per heavy atom. The number of carboxylic acid groups (broad SMARTS) is 1. The van der Waals surface area contributed by atoms with Gasteiger partial charge in [0.1, 0.15) is 11.3 Å². The third-order valence-electron chi connectivity index (χ3n) is 3.61. The van der Waals surface area contributed by atoms with Crippen molar-refractivity contribution in [1.29, 1.82) is 0 Å². The van der Waals surface area contributed by atoms with Gasteiger partial charge in [0.05, 0.1) is 12.7 Å². The number of ether oxygens (including phenoxy) is 1. The van der Waals surface area contributed by atoms with E-state index in [1.54, 1.807) is 24.3 Å². The predicted molar refractivity (Wildman–Crippen MR) is 86.6 cm³/mol. The van der Waals surface area contributed by atoms with Crippen LogP contribution in [-0.2, 0) is 11.2 Å². The van der Waals surface area contributed by atoms with E-state index >= 15 is 0 Å². The summed E-state index contributed by atoms with van der Waals surface area (Å²) < 4.78 is 5.15. The van der Waals surface area contributed by atoms with Crippen LogP contribution in [0.1, 0.15) is 22.8 Å². The van der Waals surface area contributed by atoms with Crippen molar-refractivity contribution in [3.8, 4) is 5.75 Å². The number of carboxylic acids is 1. The third-order valence-corrected chi connectivity index (χ3v) is 3.61. The molecule has 0 aliphatic heterocycles. The second-order valence-corrected chi connectivity index (χ2v) is 5.45. The normalized spacial score (nSPS) is 13.0. The van der Waals surface area contributed by atoms with E-state index in [0.717, 1.165) is 5.56 Å². The number of carbonyl (C=O) groups is 2. The van der Waals surface area contributed by atoms with E-state index in [4.69, 9.17) is 4.74 Å². The Morgan fingerprint density at radius 1 is 1.09 bits per heavy atom. The van der Waals surface area contributed by atoms with Crippen molar-refractivity contribution in [2.45, 2.75) is 18.9 Å². The number of carbonyl (C=O) groups excluding carboxylic acids is 1. The first-order valence-corrected chi connectivity index (χ1v) is 7.19. The minimum atomic E-state index is -1.42. The summed E-state index contributed by atoms with van der Waals surface area (Å²) in [6.45, 7) is 1.50. The number of rotatable bonds is 6. The maximum absolute atomic E-state index is 12.5. The first kappa shape index (κ1) is 16.5. The molecule has 1 amide bonds. The molecule has 5 heteroatoms. The van der Waals surface area contributed by atoms with Crippen molar-refractivity contribution in [1.82, 2.24) is 5.32 Å². The van der Waals surface area contributed by atoms with Crippen molar-refractivity contribution in [3.63, 3.8) is 0 Å². The molecule has 120 valence electrons. The standard InChI is InChI=1S/C18H19NO4/c1-18(17(21)22,12-13-8-4-3-5-9-13)19-16(20)14-10-6-7-11-15(14)23-2/h3-11H,12H2,1-2H3,(H,19,20)(H,21,22)/t18-/m0/s1. The molecule has 2 N–H and O–H groups in total. The van der Waals surface area contributed by atoms with E-state index in [1.807, 2.05) is 30.3 Å². The quantitative estimate of drug-likeness (QED) is 0.859. The number of amides is 1. The zero-order chi connectivity index (χ0) is 16.9. The largest absolute Gasteiger partial charge is 0.496 e. The van der Waals surface area contributed by atoms with Crippen LogP contribution in [0.2, 0.25) is 0 Å². The van der Waals surface area contributed by atoms with E-state index in [9.17, 15) is 14.7 Å². The molecular formula is C18H19NO4. The average Bonchev–Trinajstić information content (AvgIpc) is 2.55. The van der Waals surface area contributed by atoms with Crippen molar-refractivity contribution in [3.05, 3.63) is 65.7 Å². The summed E-state index contributed by atoms with van der Waals surface area (Å²) in [6.07, 6.45) is 0.185. The molecule has 2 aromatic carbocycles. The van der Waals surface area contributed by atoms with Gasteiger partial charge in [0.2, 0.25) is 0 Å². The highest BCUT2D eigenvalue weighted by Crippen LogP contribution is 2.20. The maximum atomic E-state index is 12.5. The molecule has 0 saturated heterocycles. The number of benzene rings is 2. The number of hydrogen-bond acceptors (Lipinski definition) is 3. The average molecular weight is 313 g/mol. The summed E-state index contributed by atoms with van der Waals surface area (Å²) in [5.74, 6) is -1.18. The van der Waals surface area contributed by atoms with E-state index in [-0.39, 0.29) is 6.42 Å². The summed E-state index contributed by atoms with van der Waals surface area (Å²) in [5, 5.41) is 12.2. The van der Waals surface area contributed by atoms with Gasteiger partial charge in [-0.15, -0.1) is 0 Å². The topological polar surface area (TPSA) is 75.6 Å². The molecule has 2 rings (SSSR count). The predicted octanol–water partition coefficient (Wildman–Crippen LogP) is 2.51. The zero-order valence-electron chi connectivity index (χ0n) is 13.1. The van der Waals surface area contributed by atoms with E-state index in [0.29, 0.717) is 11.3 Å². The highest BCUT2D eigenvalue weighted by atomic mass is 16.5. The van der Waals surface area contributed by atoms with Crippen LogP contribution in [0, 0.1) is 0 Å². The molecule has 5 nitrogen and oxygen atoms in total. The Kier molecular flexibility index (Phi) is 5.01. The number of nitrogens with one attached hydrogen (secondary N) is 1. The van der Waals surface area contributed by atoms with E-state index < -0.39 is 17.4 Å². The summed E-state index contributed by atoms with van der Waals surface area (Å²) >= 11 is 0. The number of methoxy groups -OCH3 is 1. The van der Waals surface area contributed by atoms with Gasteiger partial charge in [-0.25, -0.2) is 4.79 Å². The minimum Gasteiger partial charge on any atom is -0.496 e. The van der Waals surface area contributed by atoms with Crippen molar-refractivity contribution >= 4 is 11.9 Å². The molecule has 0 radical (unpaired) electrons. The van der Waals surface area contributed by atoms with Crippen LogP contribution in [0.4, 0.5) is 0 Å². The Morgan fingerprint density at radius 3 is 2.30 bits per heavy atom. The van der Waals surface area contributed by atoms with Crippen LogP contribution in [0.15, 0.2) is 54.6 Å². The van der Waals surface area contributed by atoms with Crippen LogP contribution in [0.3, 0.4) is 0 Å². The fraction of sp³-hybridized carbons (Fsp3) is 0.222. The zero-order valence-corrected chi connectivity index (χ0v) is 13.1. The summed E-state index contributed by atoms with van der Waals surface area (Å²) in [7, 11) is 1.46. The number of hydrogen-bond donors (Lipinski definition) is 2. The summed E-state index contributed by atoms with van der Waals surface area (Å²) in [5.41, 5.74) is -0.285. The van der Waals surface area contributed by atoms with Gasteiger partial charge < -0.3 is 15.2 Å². The van der Waals surface area contributed by atoms with Gasteiger partial charge in [-0.1, -0.05) is 42.5 Å². The monoisotopic (exact) mass is 313 g/mol. The molecule has 0 heterocycles. The Bertz CT molecular complexity index is 699. The SMILES string of the molecule is COc1ccccc1C(=O)N[C@@](C)(Cc1ccccc1)C(=O)O. The van der Waals surface area contributed by atoms with Gasteiger partial charge in [-0.2, -0.15) is 0 Å². The Labute approximate surface area is 134 Å². The molecule has 0 aromatic heterocycles. The fourth-order valence-electron chi connectivity index (χ4n) is 2.33. The molecule has 0 bridgehead atoms. The molecular weight excluding hydrogens is 294 g/mol. The summed E-state index contributed by atoms with van der Waals surface area (Å²) in [4.78, 5) is 24.2. The lowest BCUT2D eigenvalue weighted by Crippen LogP contribution is -2.53. The van der Waals surface area contributed by atoms with Crippen LogP contribution in [-0.4, -0.2) is 29.6 Å². The molecule has 0 fully saturated rings. The van der Waals surface area contributed by atoms with Gasteiger partial charge in [-0.3, -0.25) is 4.79 Å². The second-order valence-electron chi connectivity index (χ2n) is 5.45. The van der Waals surface area contributed by atoms with Crippen molar-refractivity contribution < 1.29 is 19.4 Å². The molecule has 0 aliphatic rings. The first-order valence-electron chi connectivity index (χ1n) is 7.19. The van der Waals surface area contributed by atoms with Crippen LogP contribution in [0.25, 0.3) is 0 Å². The molecule has 0 aliphatic carbocycles. The molecule has 1 atom stereocenters. The lowest BCUT2D eigenvalue weighted by Gasteiger charge is -2.26. The highest BCUT2D eigenvalue weighted by molar-refractivity contribution is 6.00. The van der Waals surface area contributed by atoms with Gasteiger partial charge in [0.15, 0.2) is 0 Å². The van der Waals surface area contributed by atoms with Gasteiger partial charge >= 0.3 is 5.97 Å². The molecule has 0 spiro atoms. The lowest BCUT2D eigenvalue weighted by molar-refractivity contribution is -0.143. The van der Waals surface area contributed by atoms with Gasteiger partial charge in [0.25, 0.3) is 5.91 Å². The van der Waals surface area contributed by atoms with Gasteiger partial charge in [0, 0.05) is 6.42 Å². The lowest BCUT2D eigenvalue weighted by atomic mass is 9.92. The molecule has 23 heavy (non-hydrogen) atoms. The van der Waals surface area contributed by atoms with Crippen molar-refractivity contribution in [2.75, 3.05) is 7.11 Å². The molecule has 0 saturated carbocycles. The number of aliphatic carboxylic acids is 1. The van der Waals surface area contributed by atoms with E-state index in [1.165, 1.54) is 14.0 Å². The Hall–Kier alpha value is -2.82. The van der Waals surface area contributed by atoms with Crippen molar-refractivity contribution in [2.24, 2.45) is 0 Å². The van der Waals surface area contributed by atoms with Crippen LogP contribution < -0.4 is 10.1 Å². The highest BCUT2D eigenvalue weighted by Gasteiger charge is 2.35. The fourth-order valence-corrected chi connectivity index (χ4v) is 2.33. The Balaban J connectivity index is 2.25.